The number of aryl methyl sites for hydroxylation is 2. The normalized spacial score (nSPS) is 18.8. The second kappa shape index (κ2) is 10.7. The molecule has 1 aliphatic rings. The molecule has 2 aromatic carbocycles. The van der Waals surface area contributed by atoms with Gasteiger partial charge >= 0.3 is 0 Å². The molecule has 5 heteroatoms. The second-order valence-corrected chi connectivity index (χ2v) is 7.55. The minimum Gasteiger partial charge on any atom is -0.490 e. The fraction of sp³-hybridized carbons (Fsp3) is 0.400. The van der Waals surface area contributed by atoms with E-state index >= 15 is 0 Å². The van der Waals surface area contributed by atoms with Crippen molar-refractivity contribution in [3.63, 3.8) is 0 Å². The molecular weight excluding hydrogens is 378 g/mol. The van der Waals surface area contributed by atoms with Gasteiger partial charge in [-0.05, 0) is 86.7 Å². The minimum absolute atomic E-state index is 0.162. The highest BCUT2D eigenvalue weighted by Crippen LogP contribution is 2.33. The van der Waals surface area contributed by atoms with Crippen LogP contribution in [-0.2, 0) is 4.84 Å². The Kier molecular flexibility index (Phi) is 7.77. The number of ether oxygens (including phenoxy) is 3. The number of benzene rings is 2. The average Bonchev–Trinajstić information content (AvgIpc) is 3.17. The lowest BCUT2D eigenvalue weighted by Crippen LogP contribution is -2.18. The van der Waals surface area contributed by atoms with E-state index in [0.717, 1.165) is 53.2 Å². The molecule has 2 unspecified atom stereocenters. The maximum absolute atomic E-state index is 6.37. The van der Waals surface area contributed by atoms with Crippen LogP contribution >= 0.6 is 0 Å². The van der Waals surface area contributed by atoms with Gasteiger partial charge < -0.3 is 19.0 Å². The van der Waals surface area contributed by atoms with Gasteiger partial charge in [-0.1, -0.05) is 17.3 Å². The Bertz CT molecular complexity index is 850. The van der Waals surface area contributed by atoms with Gasteiger partial charge in [0.2, 0.25) is 0 Å². The first kappa shape index (κ1) is 21.8. The van der Waals surface area contributed by atoms with E-state index in [1.165, 1.54) is 7.11 Å². The molecule has 1 fully saturated rings. The van der Waals surface area contributed by atoms with Gasteiger partial charge in [-0.2, -0.15) is 0 Å². The van der Waals surface area contributed by atoms with Crippen molar-refractivity contribution >= 4 is 6.21 Å². The maximum Gasteiger partial charge on any atom is 0.125 e. The third-order valence-corrected chi connectivity index (χ3v) is 5.13. The summed E-state index contributed by atoms with van der Waals surface area (Å²) in [6.07, 6.45) is 8.83. The molecule has 0 heterocycles. The monoisotopic (exact) mass is 409 g/mol. The van der Waals surface area contributed by atoms with Crippen LogP contribution in [0, 0.1) is 13.8 Å². The van der Waals surface area contributed by atoms with Crippen LogP contribution < -0.4 is 14.2 Å². The summed E-state index contributed by atoms with van der Waals surface area (Å²) in [6, 6.07) is 11.9. The summed E-state index contributed by atoms with van der Waals surface area (Å²) in [5.41, 5.74) is 3.17. The number of rotatable bonds is 9. The van der Waals surface area contributed by atoms with Crippen LogP contribution in [0.25, 0.3) is 0 Å². The fourth-order valence-electron chi connectivity index (χ4n) is 3.64. The molecule has 1 aliphatic carbocycles. The molecule has 1 saturated carbocycles. The number of nitrogens with zero attached hydrogens (tertiary/aromatic N) is 1. The van der Waals surface area contributed by atoms with Crippen LogP contribution in [0.5, 0.6) is 17.2 Å². The van der Waals surface area contributed by atoms with E-state index < -0.39 is 0 Å². The quantitative estimate of drug-likeness (QED) is 0.306. The molecule has 5 nitrogen and oxygen atoms in total. The molecule has 0 radical (unpaired) electrons. The summed E-state index contributed by atoms with van der Waals surface area (Å²) >= 11 is 0. The summed E-state index contributed by atoms with van der Waals surface area (Å²) in [5, 5.41) is 3.77. The Hall–Kier alpha value is -2.95. The van der Waals surface area contributed by atoms with Crippen LogP contribution in [0.15, 0.2) is 53.7 Å². The molecule has 0 saturated heterocycles. The summed E-state index contributed by atoms with van der Waals surface area (Å²) in [7, 11) is 1.53. The number of oxime groups is 1. The molecule has 2 aromatic rings. The fourth-order valence-corrected chi connectivity index (χ4v) is 3.64. The molecule has 0 N–H and O–H groups in total. The predicted molar refractivity (Wildman–Crippen MR) is 120 cm³/mol. The molecule has 2 atom stereocenters. The first-order chi connectivity index (χ1) is 14.6. The zero-order valence-electron chi connectivity index (χ0n) is 18.3. The van der Waals surface area contributed by atoms with Gasteiger partial charge in [-0.3, -0.25) is 0 Å². The zero-order chi connectivity index (χ0) is 21.3. The van der Waals surface area contributed by atoms with E-state index in [1.807, 2.05) is 55.5 Å². The Morgan fingerprint density at radius 3 is 2.27 bits per heavy atom. The highest BCUT2D eigenvalue weighted by atomic mass is 16.6. The standard InChI is InChI=1S/C25H31NO4/c1-5-6-13-28-24-14-18(2)25(19(3)15-24)30-23-12-11-22(16-23)29-21-9-7-20(8-10-21)17-26-27-4/h5-10,14-15,17,22-23H,11-13,16H2,1-4H3/b6-5+,26-17+. The van der Waals surface area contributed by atoms with Gasteiger partial charge in [0.05, 0.1) is 6.21 Å². The largest absolute Gasteiger partial charge is 0.490 e. The van der Waals surface area contributed by atoms with E-state index in [0.29, 0.717) is 6.61 Å². The number of allylic oxidation sites excluding steroid dienone is 1. The maximum atomic E-state index is 6.37. The average molecular weight is 410 g/mol. The molecule has 3 rings (SSSR count). The molecular formula is C25H31NO4. The van der Waals surface area contributed by atoms with Crippen LogP contribution in [-0.4, -0.2) is 32.1 Å². The van der Waals surface area contributed by atoms with Crippen molar-refractivity contribution in [1.29, 1.82) is 0 Å². The Morgan fingerprint density at radius 1 is 0.967 bits per heavy atom. The highest BCUT2D eigenvalue weighted by molar-refractivity contribution is 5.79. The van der Waals surface area contributed by atoms with E-state index in [9.17, 15) is 0 Å². The molecule has 30 heavy (non-hydrogen) atoms. The van der Waals surface area contributed by atoms with Crippen molar-refractivity contribution in [1.82, 2.24) is 0 Å². The lowest BCUT2D eigenvalue weighted by Gasteiger charge is -2.19. The van der Waals surface area contributed by atoms with Crippen molar-refractivity contribution in [2.75, 3.05) is 13.7 Å². The van der Waals surface area contributed by atoms with Crippen LogP contribution in [0.3, 0.4) is 0 Å². The third kappa shape index (κ3) is 6.02. The summed E-state index contributed by atoms with van der Waals surface area (Å²) in [4.78, 5) is 4.70. The third-order valence-electron chi connectivity index (χ3n) is 5.13. The van der Waals surface area contributed by atoms with Crippen LogP contribution in [0.4, 0.5) is 0 Å². The van der Waals surface area contributed by atoms with Gasteiger partial charge in [0.25, 0.3) is 0 Å². The summed E-state index contributed by atoms with van der Waals surface area (Å²) in [6.45, 7) is 6.71. The molecule has 0 bridgehead atoms. The van der Waals surface area contributed by atoms with E-state index in [2.05, 4.69) is 19.0 Å². The Morgan fingerprint density at radius 2 is 1.63 bits per heavy atom. The molecule has 160 valence electrons. The Labute approximate surface area is 179 Å². The first-order valence-corrected chi connectivity index (χ1v) is 10.4. The predicted octanol–water partition coefficient (Wildman–Crippen LogP) is 5.62. The van der Waals surface area contributed by atoms with Gasteiger partial charge in [0.15, 0.2) is 0 Å². The van der Waals surface area contributed by atoms with Crippen molar-refractivity contribution in [2.24, 2.45) is 5.16 Å². The molecule has 0 aromatic heterocycles. The van der Waals surface area contributed by atoms with Gasteiger partial charge in [0, 0.05) is 6.42 Å². The number of hydrogen-bond acceptors (Lipinski definition) is 5. The van der Waals surface area contributed by atoms with Gasteiger partial charge in [-0.15, -0.1) is 0 Å². The molecule has 0 spiro atoms. The lowest BCUT2D eigenvalue weighted by atomic mass is 10.1. The van der Waals surface area contributed by atoms with E-state index in [4.69, 9.17) is 19.0 Å². The van der Waals surface area contributed by atoms with Crippen LogP contribution in [0.2, 0.25) is 0 Å². The molecule has 0 amide bonds. The lowest BCUT2D eigenvalue weighted by molar-refractivity contribution is 0.164. The summed E-state index contributed by atoms with van der Waals surface area (Å²) < 4.78 is 18.3. The van der Waals surface area contributed by atoms with Crippen molar-refractivity contribution in [3.05, 3.63) is 65.2 Å². The number of hydrogen-bond donors (Lipinski definition) is 0. The SMILES string of the molecule is C/C=C/COc1cc(C)c(OC2CCC(Oc3ccc(/C=N/OC)cc3)C2)c(C)c1. The molecule has 0 aliphatic heterocycles. The van der Waals surface area contributed by atoms with Gasteiger partial charge in [-0.25, -0.2) is 0 Å². The van der Waals surface area contributed by atoms with E-state index in [1.54, 1.807) is 6.21 Å². The second-order valence-electron chi connectivity index (χ2n) is 7.55. The van der Waals surface area contributed by atoms with Crippen molar-refractivity contribution in [3.8, 4) is 17.2 Å². The Balaban J connectivity index is 1.55. The van der Waals surface area contributed by atoms with Crippen molar-refractivity contribution < 1.29 is 19.0 Å². The smallest absolute Gasteiger partial charge is 0.125 e. The zero-order valence-corrected chi connectivity index (χ0v) is 18.3. The van der Waals surface area contributed by atoms with Gasteiger partial charge in [0.1, 0.15) is 43.2 Å². The van der Waals surface area contributed by atoms with Crippen LogP contribution in [0.1, 0.15) is 42.9 Å². The minimum atomic E-state index is 0.162. The first-order valence-electron chi connectivity index (χ1n) is 10.4. The topological polar surface area (TPSA) is 49.3 Å². The van der Waals surface area contributed by atoms with E-state index in [-0.39, 0.29) is 12.2 Å². The summed E-state index contributed by atoms with van der Waals surface area (Å²) in [5.74, 6) is 2.70. The van der Waals surface area contributed by atoms with Crippen molar-refractivity contribution in [2.45, 2.75) is 52.2 Å². The highest BCUT2D eigenvalue weighted by Gasteiger charge is 2.28.